The average molecular weight is 349 g/mol. The Bertz CT molecular complexity index is 941. The normalized spacial score (nSPS) is 16.8. The lowest BCUT2D eigenvalue weighted by molar-refractivity contribution is 0.100. The number of carbonyl (C=O) groups is 1. The highest BCUT2D eigenvalue weighted by Gasteiger charge is 2.25. The van der Waals surface area contributed by atoms with Crippen LogP contribution in [-0.2, 0) is 10.0 Å². The maximum absolute atomic E-state index is 12.9. The molecule has 24 heavy (non-hydrogen) atoms. The van der Waals surface area contributed by atoms with Crippen LogP contribution in [0.5, 0.6) is 0 Å². The molecule has 1 aliphatic rings. The lowest BCUT2D eigenvalue weighted by atomic mass is 10.1. The van der Waals surface area contributed by atoms with Gasteiger partial charge in [0.2, 0.25) is 21.5 Å². The molecule has 0 atom stereocenters. The van der Waals surface area contributed by atoms with Gasteiger partial charge in [-0.15, -0.1) is 0 Å². The number of pyridine rings is 1. The highest BCUT2D eigenvalue weighted by molar-refractivity contribution is 7.89. The number of H-pyrrole nitrogens is 1. The third kappa shape index (κ3) is 3.07. The quantitative estimate of drug-likeness (QED) is 0.866. The van der Waals surface area contributed by atoms with Gasteiger partial charge in [-0.25, -0.2) is 8.42 Å². The summed E-state index contributed by atoms with van der Waals surface area (Å²) in [7, 11) is -3.64. The van der Waals surface area contributed by atoms with Crippen molar-refractivity contribution in [1.82, 2.24) is 9.29 Å². The van der Waals surface area contributed by atoms with Gasteiger partial charge < -0.3 is 10.7 Å². The van der Waals surface area contributed by atoms with E-state index in [1.54, 1.807) is 0 Å². The molecule has 1 aromatic heterocycles. The largest absolute Gasteiger partial charge is 0.366 e. The van der Waals surface area contributed by atoms with E-state index in [1.807, 2.05) is 0 Å². The number of aromatic nitrogens is 1. The molecule has 128 valence electrons. The van der Waals surface area contributed by atoms with Crippen molar-refractivity contribution in [1.29, 1.82) is 0 Å². The minimum Gasteiger partial charge on any atom is -0.366 e. The monoisotopic (exact) mass is 349 g/mol. The summed E-state index contributed by atoms with van der Waals surface area (Å²) in [6, 6.07) is 5.44. The van der Waals surface area contributed by atoms with Crippen LogP contribution < -0.4 is 11.3 Å². The summed E-state index contributed by atoms with van der Waals surface area (Å²) in [5.41, 5.74) is 5.26. The summed E-state index contributed by atoms with van der Waals surface area (Å²) < 4.78 is 27.2. The zero-order chi connectivity index (χ0) is 17.3. The number of nitrogens with one attached hydrogen (secondary N) is 1. The first-order chi connectivity index (χ1) is 11.4. The molecule has 1 fully saturated rings. The van der Waals surface area contributed by atoms with E-state index < -0.39 is 21.5 Å². The van der Waals surface area contributed by atoms with Gasteiger partial charge in [-0.3, -0.25) is 9.59 Å². The first kappa shape index (κ1) is 16.7. The van der Waals surface area contributed by atoms with E-state index in [1.165, 1.54) is 22.5 Å². The summed E-state index contributed by atoms with van der Waals surface area (Å²) in [6.07, 6.45) is 3.73. The summed E-state index contributed by atoms with van der Waals surface area (Å²) in [4.78, 5) is 25.9. The van der Waals surface area contributed by atoms with Gasteiger partial charge in [0, 0.05) is 30.1 Å². The van der Waals surface area contributed by atoms with E-state index in [0.29, 0.717) is 24.0 Å². The topological polar surface area (TPSA) is 113 Å². The SMILES string of the molecule is NC(=O)c1cc(=O)[nH]c2ccc(S(=O)(=O)N3CCCCCC3)cc12. The Hall–Kier alpha value is -2.19. The zero-order valence-corrected chi connectivity index (χ0v) is 13.9. The number of hydrogen-bond acceptors (Lipinski definition) is 4. The Morgan fingerprint density at radius 3 is 2.38 bits per heavy atom. The third-order valence-electron chi connectivity index (χ3n) is 4.28. The number of fused-ring (bicyclic) bond motifs is 1. The van der Waals surface area contributed by atoms with Crippen LogP contribution in [0.15, 0.2) is 34.0 Å². The molecule has 2 aromatic rings. The lowest BCUT2D eigenvalue weighted by Gasteiger charge is -2.20. The van der Waals surface area contributed by atoms with Crippen molar-refractivity contribution in [2.45, 2.75) is 30.6 Å². The van der Waals surface area contributed by atoms with Gasteiger partial charge in [-0.05, 0) is 31.0 Å². The minimum absolute atomic E-state index is 0.0154. The number of aromatic amines is 1. The molecule has 0 bridgehead atoms. The standard InChI is InChI=1S/C16H19N3O4S/c17-16(21)13-10-15(20)18-14-6-5-11(9-12(13)14)24(22,23)19-7-3-1-2-4-8-19/h5-6,9-10H,1-4,7-8H2,(H2,17,21)(H,18,20). The average Bonchev–Trinajstić information content (AvgIpc) is 2.83. The fourth-order valence-corrected chi connectivity index (χ4v) is 4.57. The number of amides is 1. The predicted octanol–water partition coefficient (Wildman–Crippen LogP) is 1.19. The van der Waals surface area contributed by atoms with Crippen molar-refractivity contribution in [2.24, 2.45) is 5.73 Å². The van der Waals surface area contributed by atoms with Gasteiger partial charge in [0.15, 0.2) is 0 Å². The molecule has 0 saturated carbocycles. The van der Waals surface area contributed by atoms with Gasteiger partial charge in [-0.2, -0.15) is 4.31 Å². The van der Waals surface area contributed by atoms with Crippen LogP contribution in [0.2, 0.25) is 0 Å². The third-order valence-corrected chi connectivity index (χ3v) is 6.18. The van der Waals surface area contributed by atoms with E-state index in [0.717, 1.165) is 31.7 Å². The van der Waals surface area contributed by atoms with Crippen LogP contribution in [0.1, 0.15) is 36.0 Å². The molecular formula is C16H19N3O4S. The lowest BCUT2D eigenvalue weighted by Crippen LogP contribution is -2.32. The number of nitrogens with two attached hydrogens (primary N) is 1. The van der Waals surface area contributed by atoms with Crippen molar-refractivity contribution in [3.05, 3.63) is 40.2 Å². The van der Waals surface area contributed by atoms with Crippen LogP contribution in [-0.4, -0.2) is 36.7 Å². The molecule has 0 spiro atoms. The molecule has 1 amide bonds. The first-order valence-corrected chi connectivity index (χ1v) is 9.30. The highest BCUT2D eigenvalue weighted by atomic mass is 32.2. The van der Waals surface area contributed by atoms with E-state index in [4.69, 9.17) is 5.73 Å². The van der Waals surface area contributed by atoms with Crippen molar-refractivity contribution >= 4 is 26.8 Å². The van der Waals surface area contributed by atoms with Crippen molar-refractivity contribution < 1.29 is 13.2 Å². The van der Waals surface area contributed by atoms with Crippen LogP contribution in [0.25, 0.3) is 10.9 Å². The van der Waals surface area contributed by atoms with Gasteiger partial charge in [0.05, 0.1) is 10.5 Å². The van der Waals surface area contributed by atoms with Crippen molar-refractivity contribution in [3.8, 4) is 0 Å². The van der Waals surface area contributed by atoms with E-state index in [-0.39, 0.29) is 10.5 Å². The Morgan fingerprint density at radius 2 is 1.75 bits per heavy atom. The number of primary amides is 1. The van der Waals surface area contributed by atoms with Crippen LogP contribution in [0, 0.1) is 0 Å². The Kier molecular flexibility index (Phi) is 4.42. The van der Waals surface area contributed by atoms with Gasteiger partial charge >= 0.3 is 0 Å². The molecule has 0 unspecified atom stereocenters. The van der Waals surface area contributed by atoms with E-state index in [9.17, 15) is 18.0 Å². The molecule has 2 heterocycles. The molecule has 3 rings (SSSR count). The van der Waals surface area contributed by atoms with Crippen molar-refractivity contribution in [3.63, 3.8) is 0 Å². The van der Waals surface area contributed by atoms with Crippen LogP contribution >= 0.6 is 0 Å². The maximum atomic E-state index is 12.9. The van der Waals surface area contributed by atoms with Crippen molar-refractivity contribution in [2.75, 3.05) is 13.1 Å². The Morgan fingerprint density at radius 1 is 1.08 bits per heavy atom. The number of rotatable bonds is 3. The zero-order valence-electron chi connectivity index (χ0n) is 13.1. The van der Waals surface area contributed by atoms with Gasteiger partial charge in [-0.1, -0.05) is 12.8 Å². The predicted molar refractivity (Wildman–Crippen MR) is 90.3 cm³/mol. The second-order valence-electron chi connectivity index (χ2n) is 5.94. The second-order valence-corrected chi connectivity index (χ2v) is 7.88. The number of benzene rings is 1. The Labute approximate surface area is 139 Å². The molecule has 8 heteroatoms. The first-order valence-electron chi connectivity index (χ1n) is 7.86. The molecule has 0 aliphatic carbocycles. The van der Waals surface area contributed by atoms with Crippen LogP contribution in [0.3, 0.4) is 0 Å². The van der Waals surface area contributed by atoms with E-state index in [2.05, 4.69) is 4.98 Å². The summed E-state index contributed by atoms with van der Waals surface area (Å²) in [6.45, 7) is 0.989. The Balaban J connectivity index is 2.13. The molecular weight excluding hydrogens is 330 g/mol. The fourth-order valence-electron chi connectivity index (χ4n) is 3.03. The summed E-state index contributed by atoms with van der Waals surface area (Å²) in [5, 5.41) is 0.331. The summed E-state index contributed by atoms with van der Waals surface area (Å²) >= 11 is 0. The number of carbonyl (C=O) groups excluding carboxylic acids is 1. The number of hydrogen-bond donors (Lipinski definition) is 2. The number of sulfonamides is 1. The van der Waals surface area contributed by atoms with Gasteiger partial charge in [0.25, 0.3) is 0 Å². The fraction of sp³-hybridized carbons (Fsp3) is 0.375. The van der Waals surface area contributed by atoms with Crippen LogP contribution in [0.4, 0.5) is 0 Å². The minimum atomic E-state index is -3.64. The maximum Gasteiger partial charge on any atom is 0.249 e. The molecule has 3 N–H and O–H groups in total. The second kappa shape index (κ2) is 6.37. The molecule has 0 radical (unpaired) electrons. The van der Waals surface area contributed by atoms with E-state index >= 15 is 0 Å². The molecule has 1 aromatic carbocycles. The molecule has 1 saturated heterocycles. The molecule has 7 nitrogen and oxygen atoms in total. The summed E-state index contributed by atoms with van der Waals surface area (Å²) in [5.74, 6) is -0.768. The smallest absolute Gasteiger partial charge is 0.249 e. The molecule has 1 aliphatic heterocycles. The van der Waals surface area contributed by atoms with Gasteiger partial charge in [0.1, 0.15) is 0 Å². The number of nitrogens with zero attached hydrogens (tertiary/aromatic N) is 1. The highest BCUT2D eigenvalue weighted by Crippen LogP contribution is 2.24.